The monoisotopic (exact) mass is 438 g/mol. The van der Waals surface area contributed by atoms with E-state index >= 15 is 0 Å². The first-order valence-electron chi connectivity index (χ1n) is 8.36. The van der Waals surface area contributed by atoms with Gasteiger partial charge < -0.3 is 21.0 Å². The molecule has 0 fully saturated rings. The average molecular weight is 439 g/mol. The van der Waals surface area contributed by atoms with Gasteiger partial charge >= 0.3 is 58.2 Å². The van der Waals surface area contributed by atoms with Crippen molar-refractivity contribution >= 4 is 18.8 Å². The topological polar surface area (TPSA) is 112 Å². The van der Waals surface area contributed by atoms with Gasteiger partial charge in [0.25, 0.3) is 0 Å². The van der Waals surface area contributed by atoms with Crippen LogP contribution in [0.4, 0.5) is 0 Å². The molecule has 1 aromatic carbocycles. The number of carbonyl (C=O) groups is 3. The zero-order chi connectivity index (χ0) is 20.1. The van der Waals surface area contributed by atoms with Gasteiger partial charge in [0.15, 0.2) is 0 Å². The summed E-state index contributed by atoms with van der Waals surface area (Å²) in [5.74, 6) is 1.11. The summed E-state index contributed by atoms with van der Waals surface area (Å²) >= 11 is 0. The molecule has 0 heterocycles. The Labute approximate surface area is 207 Å². The van der Waals surface area contributed by atoms with E-state index in [9.17, 15) is 4.79 Å². The molecule has 144 valence electrons. The SMILES string of the molecule is CC(C)C.CCNC(=O)C(CC)Cc1ccccc1.NC=O.O=C[O-].[Rb+]. The van der Waals surface area contributed by atoms with Gasteiger partial charge in [-0.1, -0.05) is 58.0 Å². The van der Waals surface area contributed by atoms with Gasteiger partial charge in [0.1, 0.15) is 0 Å². The molecule has 0 radical (unpaired) electrons. The molecule has 0 aromatic heterocycles. The van der Waals surface area contributed by atoms with Gasteiger partial charge in [0, 0.05) is 18.9 Å². The molecule has 1 unspecified atom stereocenters. The third-order valence-electron chi connectivity index (χ3n) is 2.54. The van der Waals surface area contributed by atoms with E-state index in [2.05, 4.69) is 50.9 Å². The maximum absolute atomic E-state index is 11.7. The Morgan fingerprint density at radius 1 is 1.15 bits per heavy atom. The van der Waals surface area contributed by atoms with Gasteiger partial charge in [0.05, 0.1) is 0 Å². The van der Waals surface area contributed by atoms with Gasteiger partial charge in [0.2, 0.25) is 12.3 Å². The molecular weight excluding hydrogens is 406 g/mol. The number of hydrogen-bond acceptors (Lipinski definition) is 4. The van der Waals surface area contributed by atoms with Crippen molar-refractivity contribution in [3.63, 3.8) is 0 Å². The first-order valence-corrected chi connectivity index (χ1v) is 8.36. The zero-order valence-corrected chi connectivity index (χ0v) is 21.9. The molecule has 1 atom stereocenters. The van der Waals surface area contributed by atoms with Crippen LogP contribution in [0.5, 0.6) is 0 Å². The maximum atomic E-state index is 11.7. The Morgan fingerprint density at radius 3 is 1.85 bits per heavy atom. The van der Waals surface area contributed by atoms with Gasteiger partial charge in [-0.3, -0.25) is 9.59 Å². The number of carbonyl (C=O) groups excluding carboxylic acids is 3. The molecule has 26 heavy (non-hydrogen) atoms. The summed E-state index contributed by atoms with van der Waals surface area (Å²) in [7, 11) is 0. The van der Waals surface area contributed by atoms with Gasteiger partial charge in [-0.25, -0.2) is 0 Å². The van der Waals surface area contributed by atoms with Gasteiger partial charge in [-0.05, 0) is 31.2 Å². The molecule has 1 aromatic rings. The number of amides is 2. The third-order valence-corrected chi connectivity index (χ3v) is 2.54. The molecule has 0 aliphatic carbocycles. The summed E-state index contributed by atoms with van der Waals surface area (Å²) in [4.78, 5) is 28.5. The average Bonchev–Trinajstić information content (AvgIpc) is 2.55. The van der Waals surface area contributed by atoms with Crippen LogP contribution >= 0.6 is 0 Å². The first kappa shape index (κ1) is 33.1. The first-order chi connectivity index (χ1) is 11.8. The molecule has 3 N–H and O–H groups in total. The number of nitrogens with two attached hydrogens (primary N) is 1. The van der Waals surface area contributed by atoms with Crippen molar-refractivity contribution < 1.29 is 77.7 Å². The summed E-state index contributed by atoms with van der Waals surface area (Å²) in [5, 5.41) is 11.1. The summed E-state index contributed by atoms with van der Waals surface area (Å²) < 4.78 is 0. The predicted octanol–water partition coefficient (Wildman–Crippen LogP) is -1.47. The molecule has 6 nitrogen and oxygen atoms in total. The number of carboxylic acid groups (broad SMARTS) is 1. The number of hydrogen-bond donors (Lipinski definition) is 2. The maximum Gasteiger partial charge on any atom is 1.00 e. The second-order valence-corrected chi connectivity index (χ2v) is 5.65. The van der Waals surface area contributed by atoms with Crippen molar-refractivity contribution in [1.82, 2.24) is 5.32 Å². The Morgan fingerprint density at radius 2 is 1.54 bits per heavy atom. The van der Waals surface area contributed by atoms with Crippen LogP contribution in [0.3, 0.4) is 0 Å². The molecule has 0 saturated heterocycles. The van der Waals surface area contributed by atoms with E-state index in [1.807, 2.05) is 25.1 Å². The van der Waals surface area contributed by atoms with E-state index in [-0.39, 0.29) is 76.4 Å². The van der Waals surface area contributed by atoms with Crippen molar-refractivity contribution in [1.29, 1.82) is 0 Å². The normalized spacial score (nSPS) is 9.31. The third kappa shape index (κ3) is 28.2. The van der Waals surface area contributed by atoms with Crippen LogP contribution in [-0.4, -0.2) is 25.3 Å². The molecule has 0 aliphatic rings. The molecule has 0 aliphatic heterocycles. The molecule has 2 amide bonds. The van der Waals surface area contributed by atoms with Crippen molar-refractivity contribution in [2.45, 2.75) is 47.5 Å². The van der Waals surface area contributed by atoms with Crippen molar-refractivity contribution in [2.75, 3.05) is 6.54 Å². The standard InChI is InChI=1S/C13H19NO.C4H10.CH3NO.CH2O2.Rb/c1-3-12(13(15)14-4-2)10-11-8-6-5-7-9-11;1-4(2)3;2*2-1-3;/h5-9,12H,3-4,10H2,1-2H3,(H,14,15);4H,1-3H3;1H,(H2,2,3);1H,(H,2,3);/q;;;;+1/p-1. The molecular formula is C19H33N2O4Rb. The number of primary amides is 1. The minimum Gasteiger partial charge on any atom is -0.554 e. The van der Waals surface area contributed by atoms with Crippen LogP contribution in [0.2, 0.25) is 0 Å². The fraction of sp³-hybridized carbons (Fsp3) is 0.526. The summed E-state index contributed by atoms with van der Waals surface area (Å²) in [5.41, 5.74) is 5.40. The van der Waals surface area contributed by atoms with E-state index in [0.717, 1.165) is 18.8 Å². The molecule has 7 heteroatoms. The van der Waals surface area contributed by atoms with Crippen molar-refractivity contribution in [3.8, 4) is 0 Å². The Hall–Kier alpha value is -0.565. The number of nitrogens with one attached hydrogen (secondary N) is 1. The minimum absolute atomic E-state index is 0. The summed E-state index contributed by atoms with van der Waals surface area (Å²) in [6.45, 7) is 10.7. The van der Waals surface area contributed by atoms with E-state index in [1.165, 1.54) is 5.56 Å². The molecule has 0 saturated carbocycles. The number of rotatable bonds is 5. The fourth-order valence-corrected chi connectivity index (χ4v) is 1.64. The van der Waals surface area contributed by atoms with Crippen LogP contribution in [0.25, 0.3) is 0 Å². The molecule has 1 rings (SSSR count). The summed E-state index contributed by atoms with van der Waals surface area (Å²) in [6, 6.07) is 10.2. The Balaban J connectivity index is -0.000000184. The van der Waals surface area contributed by atoms with Crippen molar-refractivity contribution in [2.24, 2.45) is 17.6 Å². The Kier molecular flexibility index (Phi) is 33.9. The van der Waals surface area contributed by atoms with Gasteiger partial charge in [-0.15, -0.1) is 0 Å². The van der Waals surface area contributed by atoms with Crippen LogP contribution in [0.15, 0.2) is 30.3 Å². The van der Waals surface area contributed by atoms with E-state index in [0.29, 0.717) is 6.54 Å². The van der Waals surface area contributed by atoms with Crippen LogP contribution in [0, 0.1) is 11.8 Å². The van der Waals surface area contributed by atoms with Crippen LogP contribution < -0.4 is 74.3 Å². The second kappa shape index (κ2) is 26.7. The van der Waals surface area contributed by atoms with E-state index in [4.69, 9.17) is 14.7 Å². The van der Waals surface area contributed by atoms with E-state index in [1.54, 1.807) is 0 Å². The minimum atomic E-state index is -0.500. The quantitative estimate of drug-likeness (QED) is 0.546. The van der Waals surface area contributed by atoms with E-state index < -0.39 is 6.47 Å². The zero-order valence-electron chi connectivity index (χ0n) is 17.0. The predicted molar refractivity (Wildman–Crippen MR) is 99.4 cm³/mol. The smallest absolute Gasteiger partial charge is 0.554 e. The van der Waals surface area contributed by atoms with Crippen molar-refractivity contribution in [3.05, 3.63) is 35.9 Å². The Bertz CT molecular complexity index is 420. The second-order valence-electron chi connectivity index (χ2n) is 5.65. The summed E-state index contributed by atoms with van der Waals surface area (Å²) in [6.07, 6.45) is 1.98. The number of benzene rings is 1. The van der Waals surface area contributed by atoms with Crippen LogP contribution in [-0.2, 0) is 20.8 Å². The van der Waals surface area contributed by atoms with Gasteiger partial charge in [-0.2, -0.15) is 0 Å². The fourth-order valence-electron chi connectivity index (χ4n) is 1.64. The molecule has 0 spiro atoms. The molecule has 0 bridgehead atoms. The van der Waals surface area contributed by atoms with Crippen LogP contribution in [0.1, 0.15) is 46.6 Å². The largest absolute Gasteiger partial charge is 1.00 e.